The van der Waals surface area contributed by atoms with Crippen molar-refractivity contribution in [3.05, 3.63) is 0 Å². The van der Waals surface area contributed by atoms with Gasteiger partial charge in [0.25, 0.3) is 0 Å². The zero-order valence-electron chi connectivity index (χ0n) is 10.5. The Bertz CT molecular complexity index is 290. The number of carbonyl (C=O) groups is 1. The van der Waals surface area contributed by atoms with Crippen molar-refractivity contribution in [3.8, 4) is 11.8 Å². The Morgan fingerprint density at radius 1 is 1.44 bits per heavy atom. The first kappa shape index (κ1) is 13.3. The molecule has 2 nitrogen and oxygen atoms in total. The van der Waals surface area contributed by atoms with E-state index in [1.165, 1.54) is 0 Å². The van der Waals surface area contributed by atoms with E-state index < -0.39 is 0 Å². The second-order valence-corrected chi connectivity index (χ2v) is 5.02. The second kappa shape index (κ2) is 6.06. The van der Waals surface area contributed by atoms with Gasteiger partial charge in [-0.15, -0.1) is 11.8 Å². The molecule has 2 heteroatoms. The van der Waals surface area contributed by atoms with Gasteiger partial charge in [-0.2, -0.15) is 0 Å². The summed E-state index contributed by atoms with van der Waals surface area (Å²) in [6.45, 7) is 4.58. The van der Waals surface area contributed by atoms with Crippen molar-refractivity contribution in [3.63, 3.8) is 0 Å². The van der Waals surface area contributed by atoms with Crippen LogP contribution in [0, 0.1) is 23.2 Å². The van der Waals surface area contributed by atoms with Gasteiger partial charge in [0.2, 0.25) is 0 Å². The minimum absolute atomic E-state index is 0.220. The molecule has 0 unspecified atom stereocenters. The van der Waals surface area contributed by atoms with Crippen LogP contribution in [0.15, 0.2) is 0 Å². The van der Waals surface area contributed by atoms with Crippen LogP contribution in [-0.4, -0.2) is 12.3 Å². The van der Waals surface area contributed by atoms with Crippen molar-refractivity contribution in [1.29, 1.82) is 0 Å². The Morgan fingerprint density at radius 3 is 2.56 bits per heavy atom. The van der Waals surface area contributed by atoms with Gasteiger partial charge in [0, 0.05) is 24.8 Å². The van der Waals surface area contributed by atoms with E-state index in [1.54, 1.807) is 0 Å². The van der Waals surface area contributed by atoms with Gasteiger partial charge in [-0.1, -0.05) is 6.92 Å². The Labute approximate surface area is 99.0 Å². The first-order valence-corrected chi connectivity index (χ1v) is 6.27. The molecule has 1 fully saturated rings. The number of carbonyl (C=O) groups excluding carboxylic acids is 1. The van der Waals surface area contributed by atoms with E-state index >= 15 is 0 Å². The fraction of sp³-hybridized carbons (Fsp3) is 0.786. The van der Waals surface area contributed by atoms with E-state index in [-0.39, 0.29) is 5.41 Å². The van der Waals surface area contributed by atoms with Gasteiger partial charge >= 0.3 is 0 Å². The van der Waals surface area contributed by atoms with Crippen molar-refractivity contribution < 1.29 is 4.79 Å². The number of rotatable bonds is 4. The highest BCUT2D eigenvalue weighted by molar-refractivity contribution is 5.85. The number of Topliss-reactive ketones (excluding diaryl/α,β-unsaturated/α-hetero) is 1. The summed E-state index contributed by atoms with van der Waals surface area (Å²) in [5.74, 6) is 6.88. The van der Waals surface area contributed by atoms with Crippen LogP contribution in [0.25, 0.3) is 0 Å². The normalized spacial score (nSPS) is 29.3. The number of nitrogens with two attached hydrogens (primary N) is 1. The van der Waals surface area contributed by atoms with Gasteiger partial charge in [0.05, 0.1) is 0 Å². The van der Waals surface area contributed by atoms with Gasteiger partial charge < -0.3 is 5.73 Å². The van der Waals surface area contributed by atoms with Crippen LogP contribution in [0.1, 0.15) is 52.4 Å². The van der Waals surface area contributed by atoms with Crippen LogP contribution in [0.5, 0.6) is 0 Å². The maximum atomic E-state index is 12.2. The maximum Gasteiger partial charge on any atom is 0.141 e. The van der Waals surface area contributed by atoms with Crippen LogP contribution in [0.4, 0.5) is 0 Å². The monoisotopic (exact) mass is 221 g/mol. The van der Waals surface area contributed by atoms with Crippen LogP contribution >= 0.6 is 0 Å². The first-order chi connectivity index (χ1) is 7.64. The average Bonchev–Trinajstić information content (AvgIpc) is 2.31. The standard InChI is InChI=1S/C14H23NO/c1-3-4-5-6-13(16)14(11-15)9-7-12(2)8-10-14/h12H,5-11,15H2,1-2H3. The summed E-state index contributed by atoms with van der Waals surface area (Å²) in [4.78, 5) is 12.2. The molecule has 0 aliphatic heterocycles. The number of ketones is 1. The van der Waals surface area contributed by atoms with Crippen LogP contribution in [0.2, 0.25) is 0 Å². The van der Waals surface area contributed by atoms with E-state index in [2.05, 4.69) is 18.8 Å². The molecule has 2 N–H and O–H groups in total. The zero-order chi connectivity index (χ0) is 12.0. The predicted molar refractivity (Wildman–Crippen MR) is 66.8 cm³/mol. The quantitative estimate of drug-likeness (QED) is 0.741. The van der Waals surface area contributed by atoms with E-state index in [9.17, 15) is 4.79 Å². The third-order valence-electron chi connectivity index (χ3n) is 3.87. The fourth-order valence-electron chi connectivity index (χ4n) is 2.48. The molecule has 0 spiro atoms. The molecule has 1 saturated carbocycles. The summed E-state index contributed by atoms with van der Waals surface area (Å²) < 4.78 is 0. The van der Waals surface area contributed by atoms with Gasteiger partial charge in [-0.25, -0.2) is 0 Å². The van der Waals surface area contributed by atoms with Crippen molar-refractivity contribution in [2.45, 2.75) is 52.4 Å². The van der Waals surface area contributed by atoms with E-state index in [1.807, 2.05) is 6.92 Å². The molecule has 0 amide bonds. The Balaban J connectivity index is 2.57. The Kier molecular flexibility index (Phi) is 5.02. The number of hydrogen-bond acceptors (Lipinski definition) is 2. The van der Waals surface area contributed by atoms with Crippen molar-refractivity contribution >= 4 is 5.78 Å². The molecule has 16 heavy (non-hydrogen) atoms. The Morgan fingerprint density at radius 2 is 2.06 bits per heavy atom. The lowest BCUT2D eigenvalue weighted by Gasteiger charge is -2.37. The van der Waals surface area contributed by atoms with Gasteiger partial charge in [-0.05, 0) is 38.5 Å². The molecule has 0 atom stereocenters. The minimum atomic E-state index is -0.220. The molecule has 0 aromatic heterocycles. The third-order valence-corrected chi connectivity index (χ3v) is 3.87. The lowest BCUT2D eigenvalue weighted by molar-refractivity contribution is -0.130. The molecule has 0 bridgehead atoms. The SMILES string of the molecule is CC#CCCC(=O)C1(CN)CCC(C)CC1. The van der Waals surface area contributed by atoms with Crippen LogP contribution in [-0.2, 0) is 4.79 Å². The maximum absolute atomic E-state index is 12.2. The molecule has 0 aromatic carbocycles. The molecular weight excluding hydrogens is 198 g/mol. The largest absolute Gasteiger partial charge is 0.329 e. The molecule has 90 valence electrons. The average molecular weight is 221 g/mol. The molecular formula is C14H23NO. The van der Waals surface area contributed by atoms with Gasteiger partial charge in [0.1, 0.15) is 5.78 Å². The lowest BCUT2D eigenvalue weighted by Crippen LogP contribution is -2.41. The highest BCUT2D eigenvalue weighted by Crippen LogP contribution is 2.39. The predicted octanol–water partition coefficient (Wildman–Crippen LogP) is 2.51. The van der Waals surface area contributed by atoms with Crippen molar-refractivity contribution in [2.24, 2.45) is 17.1 Å². The summed E-state index contributed by atoms with van der Waals surface area (Å²) in [6.07, 6.45) is 5.50. The summed E-state index contributed by atoms with van der Waals surface area (Å²) in [5.41, 5.74) is 5.61. The highest BCUT2D eigenvalue weighted by Gasteiger charge is 2.38. The fourth-order valence-corrected chi connectivity index (χ4v) is 2.48. The molecule has 0 aromatic rings. The lowest BCUT2D eigenvalue weighted by atomic mass is 9.67. The van der Waals surface area contributed by atoms with E-state index in [0.717, 1.165) is 31.6 Å². The summed E-state index contributed by atoms with van der Waals surface area (Å²) in [5, 5.41) is 0. The molecule has 1 aliphatic carbocycles. The van der Waals surface area contributed by atoms with Crippen LogP contribution < -0.4 is 5.73 Å². The summed E-state index contributed by atoms with van der Waals surface area (Å²) in [7, 11) is 0. The highest BCUT2D eigenvalue weighted by atomic mass is 16.1. The number of hydrogen-bond donors (Lipinski definition) is 1. The van der Waals surface area contributed by atoms with Gasteiger partial charge in [-0.3, -0.25) is 4.79 Å². The third kappa shape index (κ3) is 3.09. The molecule has 0 heterocycles. The zero-order valence-corrected chi connectivity index (χ0v) is 10.5. The smallest absolute Gasteiger partial charge is 0.141 e. The first-order valence-electron chi connectivity index (χ1n) is 6.27. The minimum Gasteiger partial charge on any atom is -0.329 e. The molecule has 1 rings (SSSR count). The molecule has 0 radical (unpaired) electrons. The molecule has 0 saturated heterocycles. The molecule has 1 aliphatic rings. The van der Waals surface area contributed by atoms with Crippen LogP contribution in [0.3, 0.4) is 0 Å². The summed E-state index contributed by atoms with van der Waals surface area (Å²) >= 11 is 0. The van der Waals surface area contributed by atoms with Crippen molar-refractivity contribution in [2.75, 3.05) is 6.54 Å². The van der Waals surface area contributed by atoms with E-state index in [4.69, 9.17) is 5.73 Å². The Hall–Kier alpha value is -0.810. The second-order valence-electron chi connectivity index (χ2n) is 5.02. The topological polar surface area (TPSA) is 43.1 Å². The van der Waals surface area contributed by atoms with Gasteiger partial charge in [0.15, 0.2) is 0 Å². The summed E-state index contributed by atoms with van der Waals surface area (Å²) in [6, 6.07) is 0. The van der Waals surface area contributed by atoms with E-state index in [0.29, 0.717) is 25.2 Å². The van der Waals surface area contributed by atoms with Crippen molar-refractivity contribution in [1.82, 2.24) is 0 Å².